The summed E-state index contributed by atoms with van der Waals surface area (Å²) in [6.45, 7) is 18.2. The highest BCUT2D eigenvalue weighted by atomic mass is 35.5. The van der Waals surface area contributed by atoms with Gasteiger partial charge in [0.2, 0.25) is 0 Å². The van der Waals surface area contributed by atoms with Crippen LogP contribution in [-0.4, -0.2) is 46.6 Å². The maximum absolute atomic E-state index is 12.1. The minimum absolute atomic E-state index is 0.0598. The minimum Gasteiger partial charge on any atom is -0.461 e. The van der Waals surface area contributed by atoms with Gasteiger partial charge in [-0.25, -0.2) is 0 Å². The molecule has 41 heavy (non-hydrogen) atoms. The summed E-state index contributed by atoms with van der Waals surface area (Å²) in [4.78, 5) is 23.8. The molecule has 4 aliphatic carbocycles. The summed E-state index contributed by atoms with van der Waals surface area (Å²) in [6.07, 6.45) is 10.7. The molecule has 0 heterocycles. The summed E-state index contributed by atoms with van der Waals surface area (Å²) in [7, 11) is 0. The van der Waals surface area contributed by atoms with E-state index in [1.165, 1.54) is 5.57 Å². The third kappa shape index (κ3) is 5.63. The van der Waals surface area contributed by atoms with Crippen molar-refractivity contribution in [1.82, 2.24) is 0 Å². The Balaban J connectivity index is 1.54. The maximum Gasteiger partial charge on any atom is 0.321 e. The van der Waals surface area contributed by atoms with Crippen molar-refractivity contribution in [3.8, 4) is 0 Å². The molecule has 7 heteroatoms. The second kappa shape index (κ2) is 11.6. The van der Waals surface area contributed by atoms with Crippen LogP contribution < -0.4 is 0 Å². The zero-order chi connectivity index (χ0) is 30.6. The lowest BCUT2D eigenvalue weighted by Gasteiger charge is -2.70. The Labute approximate surface area is 258 Å². The van der Waals surface area contributed by atoms with Gasteiger partial charge in [0.25, 0.3) is 0 Å². The Morgan fingerprint density at radius 3 is 2.20 bits per heavy atom. The molecule has 4 rings (SSSR count). The monoisotopic (exact) mass is 612 g/mol. The van der Waals surface area contributed by atoms with E-state index in [1.54, 1.807) is 0 Å². The first-order valence-electron chi connectivity index (χ1n) is 15.8. The Hall–Kier alpha value is -0.780. The number of hydrogen-bond donors (Lipinski definition) is 1. The lowest BCUT2D eigenvalue weighted by molar-refractivity contribution is -0.243. The van der Waals surface area contributed by atoms with Crippen molar-refractivity contribution in [1.29, 1.82) is 0 Å². The first-order valence-corrected chi connectivity index (χ1v) is 16.9. The molecule has 4 saturated carbocycles. The summed E-state index contributed by atoms with van der Waals surface area (Å²) >= 11 is 11.4. The minimum atomic E-state index is -0.554. The number of ether oxygens (including phenoxy) is 2. The normalized spacial score (nSPS) is 42.1. The van der Waals surface area contributed by atoms with Gasteiger partial charge in [0.1, 0.15) is 23.5 Å². The molecule has 0 aromatic heterocycles. The van der Waals surface area contributed by atoms with Crippen LogP contribution in [0.3, 0.4) is 0 Å². The van der Waals surface area contributed by atoms with Crippen molar-refractivity contribution in [3.05, 3.63) is 11.6 Å². The van der Waals surface area contributed by atoms with E-state index in [0.717, 1.165) is 57.8 Å². The summed E-state index contributed by atoms with van der Waals surface area (Å²) in [5.41, 5.74) is 0.963. The van der Waals surface area contributed by atoms with Crippen LogP contribution in [0.5, 0.6) is 0 Å². The Bertz CT molecular complexity index is 1040. The van der Waals surface area contributed by atoms with Crippen LogP contribution in [-0.2, 0) is 19.1 Å². The SMILES string of the molecule is C/C(=C/CCC(C)(C)OC(=O)CCl)[C@H]1CC[C@]2(C)[C@@H]1[C@H](O)C[C@@H]1[C@@]3(C)CC[C@H](OC(=O)CCl)C(C)(C)[C@@H]3CC[C@]12C. The van der Waals surface area contributed by atoms with E-state index in [4.69, 9.17) is 32.7 Å². The fourth-order valence-electron chi connectivity index (χ4n) is 10.8. The van der Waals surface area contributed by atoms with Crippen molar-refractivity contribution >= 4 is 35.1 Å². The highest BCUT2D eigenvalue weighted by Crippen LogP contribution is 2.75. The second-order valence-corrected chi connectivity index (χ2v) is 16.3. The summed E-state index contributed by atoms with van der Waals surface area (Å²) in [6, 6.07) is 0. The standard InChI is InChI=1S/C34H54Cl2O5/c1-21(10-9-14-30(2,3)41-28(39)20-36)22-11-16-34(8)29(22)23(37)18-25-32(6)15-13-26(40-27(38)19-35)31(4,5)24(32)12-17-33(25,34)7/h10,22-26,29,37H,9,11-20H2,1-8H3/b21-10-/t22-,23-,24+,25-,26+,29+,32+,33-,34-/m1/s1. The fourth-order valence-corrected chi connectivity index (χ4v) is 10.9. The average molecular weight is 614 g/mol. The number of aliphatic hydroxyl groups is 1. The summed E-state index contributed by atoms with van der Waals surface area (Å²) in [5.74, 6) is 0.538. The van der Waals surface area contributed by atoms with E-state index in [0.29, 0.717) is 17.8 Å². The maximum atomic E-state index is 12.1. The number of fused-ring (bicyclic) bond motifs is 5. The predicted octanol–water partition coefficient (Wildman–Crippen LogP) is 8.08. The van der Waals surface area contributed by atoms with Crippen LogP contribution in [0.2, 0.25) is 0 Å². The zero-order valence-electron chi connectivity index (χ0n) is 26.7. The zero-order valence-corrected chi connectivity index (χ0v) is 28.2. The molecule has 0 saturated heterocycles. The smallest absolute Gasteiger partial charge is 0.321 e. The number of carbonyl (C=O) groups is 2. The Morgan fingerprint density at radius 1 is 0.927 bits per heavy atom. The molecule has 9 atom stereocenters. The molecule has 4 aliphatic rings. The van der Waals surface area contributed by atoms with Gasteiger partial charge < -0.3 is 14.6 Å². The average Bonchev–Trinajstić information content (AvgIpc) is 3.26. The number of allylic oxidation sites excluding steroid dienone is 2. The van der Waals surface area contributed by atoms with Crippen molar-refractivity contribution in [2.24, 2.45) is 45.3 Å². The van der Waals surface area contributed by atoms with Gasteiger partial charge in [-0.15, -0.1) is 23.2 Å². The molecule has 0 unspecified atom stereocenters. The van der Waals surface area contributed by atoms with Gasteiger partial charge in [0, 0.05) is 5.41 Å². The molecule has 5 nitrogen and oxygen atoms in total. The molecule has 0 aliphatic heterocycles. The molecule has 1 N–H and O–H groups in total. The fraction of sp³-hybridized carbons (Fsp3) is 0.882. The van der Waals surface area contributed by atoms with Gasteiger partial charge in [-0.1, -0.05) is 46.3 Å². The van der Waals surface area contributed by atoms with Crippen LogP contribution in [0.4, 0.5) is 0 Å². The first kappa shape index (κ1) is 33.1. The highest BCUT2D eigenvalue weighted by Gasteiger charge is 2.70. The van der Waals surface area contributed by atoms with E-state index < -0.39 is 5.60 Å². The van der Waals surface area contributed by atoms with Crippen molar-refractivity contribution in [2.45, 2.75) is 131 Å². The Morgan fingerprint density at radius 2 is 1.56 bits per heavy atom. The number of rotatable bonds is 8. The summed E-state index contributed by atoms with van der Waals surface area (Å²) in [5, 5.41) is 12.0. The van der Waals surface area contributed by atoms with Crippen LogP contribution in [0.15, 0.2) is 11.6 Å². The van der Waals surface area contributed by atoms with E-state index in [1.807, 2.05) is 13.8 Å². The van der Waals surface area contributed by atoms with Crippen LogP contribution >= 0.6 is 23.2 Å². The van der Waals surface area contributed by atoms with Gasteiger partial charge >= 0.3 is 11.9 Å². The number of aliphatic hydroxyl groups excluding tert-OH is 1. The summed E-state index contributed by atoms with van der Waals surface area (Å²) < 4.78 is 11.4. The molecule has 4 fully saturated rings. The van der Waals surface area contributed by atoms with E-state index in [9.17, 15) is 14.7 Å². The van der Waals surface area contributed by atoms with E-state index in [-0.39, 0.29) is 63.5 Å². The van der Waals surface area contributed by atoms with Gasteiger partial charge in [0.05, 0.1) is 6.10 Å². The Kier molecular flexibility index (Phi) is 9.39. The number of hydrogen-bond acceptors (Lipinski definition) is 5. The van der Waals surface area contributed by atoms with Gasteiger partial charge in [-0.2, -0.15) is 0 Å². The van der Waals surface area contributed by atoms with Crippen LogP contribution in [0.1, 0.15) is 113 Å². The lowest BCUT2D eigenvalue weighted by Crippen LogP contribution is -2.66. The van der Waals surface area contributed by atoms with Gasteiger partial charge in [0.15, 0.2) is 0 Å². The van der Waals surface area contributed by atoms with Crippen molar-refractivity contribution in [2.75, 3.05) is 11.8 Å². The second-order valence-electron chi connectivity index (χ2n) is 15.8. The highest BCUT2D eigenvalue weighted by molar-refractivity contribution is 6.26. The van der Waals surface area contributed by atoms with Crippen molar-refractivity contribution < 1.29 is 24.2 Å². The third-order valence-corrected chi connectivity index (χ3v) is 13.4. The number of carbonyl (C=O) groups excluding carboxylic acids is 2. The van der Waals surface area contributed by atoms with Crippen molar-refractivity contribution in [3.63, 3.8) is 0 Å². The number of halogens is 2. The molecule has 0 radical (unpaired) electrons. The molecule has 0 aromatic carbocycles. The van der Waals surface area contributed by atoms with E-state index >= 15 is 0 Å². The van der Waals surface area contributed by atoms with Crippen LogP contribution in [0.25, 0.3) is 0 Å². The molecule has 0 amide bonds. The number of alkyl halides is 2. The lowest BCUT2D eigenvalue weighted by atomic mass is 9.35. The topological polar surface area (TPSA) is 72.8 Å². The third-order valence-electron chi connectivity index (χ3n) is 13.0. The van der Waals surface area contributed by atoms with Gasteiger partial charge in [-0.3, -0.25) is 9.59 Å². The molecule has 0 bridgehead atoms. The van der Waals surface area contributed by atoms with Gasteiger partial charge in [-0.05, 0) is 118 Å². The predicted molar refractivity (Wildman–Crippen MR) is 165 cm³/mol. The molecule has 234 valence electrons. The molecular formula is C34H54Cl2O5. The first-order chi connectivity index (χ1) is 19.0. The van der Waals surface area contributed by atoms with Crippen LogP contribution in [0, 0.1) is 45.3 Å². The van der Waals surface area contributed by atoms with E-state index in [2.05, 4.69) is 47.6 Å². The molecule has 0 spiro atoms. The molecular weight excluding hydrogens is 559 g/mol. The number of esters is 2. The quantitative estimate of drug-likeness (QED) is 0.170. The largest absolute Gasteiger partial charge is 0.461 e. The molecule has 0 aromatic rings.